The standard InChI is InChI=1S/C6H11N2O.C6H8N2O.2CH2O2.Cu.H2O/c2*7-6(9)5-2-1-3-8-4-5;2*2-1-3;;/h5H,1-4H2,(H2,7,9);1-2,4H,3H2,(H3,7,8,9);2*1H,(H,2,3);;1H2/q-1;;;;+2;. The van der Waals surface area contributed by atoms with Crippen LogP contribution in [0, 0.1) is 5.92 Å². The number of carbonyl (C=O) groups is 4. The Labute approximate surface area is 161 Å². The van der Waals surface area contributed by atoms with Gasteiger partial charge in [0.1, 0.15) is 0 Å². The number of hydrogen-bond acceptors (Lipinski definition) is 4. The molecule has 2 aliphatic rings. The van der Waals surface area contributed by atoms with Gasteiger partial charge in [0.25, 0.3) is 12.9 Å². The van der Waals surface area contributed by atoms with Crippen molar-refractivity contribution in [2.45, 2.75) is 12.8 Å². The molecule has 2 aliphatic heterocycles. The van der Waals surface area contributed by atoms with E-state index in [1.54, 1.807) is 12.2 Å². The van der Waals surface area contributed by atoms with Gasteiger partial charge < -0.3 is 37.8 Å². The van der Waals surface area contributed by atoms with Gasteiger partial charge in [0.2, 0.25) is 11.8 Å². The molecule has 0 spiro atoms. The van der Waals surface area contributed by atoms with E-state index in [-0.39, 0.29) is 47.3 Å². The summed E-state index contributed by atoms with van der Waals surface area (Å²) >= 11 is 0. The third-order valence-corrected chi connectivity index (χ3v) is 2.64. The van der Waals surface area contributed by atoms with Crippen molar-refractivity contribution in [3.05, 3.63) is 34.6 Å². The Morgan fingerprint density at radius 2 is 1.73 bits per heavy atom. The van der Waals surface area contributed by atoms with E-state index in [4.69, 9.17) is 31.3 Å². The quantitative estimate of drug-likeness (QED) is 0.247. The topological polar surface area (TPSA) is 222 Å². The second-order valence-corrected chi connectivity index (χ2v) is 4.30. The van der Waals surface area contributed by atoms with Crippen molar-refractivity contribution in [1.82, 2.24) is 0 Å². The van der Waals surface area contributed by atoms with Crippen LogP contribution in [0.2, 0.25) is 0 Å². The van der Waals surface area contributed by atoms with E-state index in [0.29, 0.717) is 18.7 Å². The second kappa shape index (κ2) is 22.6. The van der Waals surface area contributed by atoms with Gasteiger partial charge in [0.15, 0.2) is 0 Å². The van der Waals surface area contributed by atoms with Gasteiger partial charge in [-0.15, -0.1) is 25.7 Å². The first-order valence-corrected chi connectivity index (χ1v) is 6.85. The smallest absolute Gasteiger partial charge is 0.687 e. The predicted octanol–water partition coefficient (Wildman–Crippen LogP) is -0.968. The molecule has 1 fully saturated rings. The van der Waals surface area contributed by atoms with Crippen LogP contribution in [0.1, 0.15) is 12.8 Å². The zero-order valence-electron chi connectivity index (χ0n) is 14.0. The maximum Gasteiger partial charge on any atom is 2.00 e. The molecule has 0 bridgehead atoms. The molecule has 26 heavy (non-hydrogen) atoms. The molecule has 0 saturated carbocycles. The minimum Gasteiger partial charge on any atom is -0.687 e. The van der Waals surface area contributed by atoms with Gasteiger partial charge in [-0.1, -0.05) is 12.5 Å². The summed E-state index contributed by atoms with van der Waals surface area (Å²) in [5.41, 5.74) is 10.5. The third kappa shape index (κ3) is 19.6. The van der Waals surface area contributed by atoms with E-state index in [1.165, 1.54) is 6.20 Å². The number of piperidine rings is 1. The number of rotatable bonds is 2. The fourth-order valence-corrected chi connectivity index (χ4v) is 1.60. The number of carboxylic acid groups (broad SMARTS) is 2. The van der Waals surface area contributed by atoms with Crippen molar-refractivity contribution in [3.63, 3.8) is 0 Å². The summed E-state index contributed by atoms with van der Waals surface area (Å²) in [5, 5.41) is 21.7. The number of nitrogens with two attached hydrogens (primary N) is 2. The van der Waals surface area contributed by atoms with E-state index in [2.05, 4.69) is 10.6 Å². The second-order valence-electron chi connectivity index (χ2n) is 4.30. The van der Waals surface area contributed by atoms with Gasteiger partial charge in [0, 0.05) is 11.5 Å². The first kappa shape index (κ1) is 31.4. The molecule has 11 nitrogen and oxygen atoms in total. The zero-order valence-corrected chi connectivity index (χ0v) is 14.9. The Bertz CT molecular complexity index is 447. The number of carbonyl (C=O) groups excluding carboxylic acids is 2. The molecule has 2 rings (SSSR count). The predicted molar refractivity (Wildman–Crippen MR) is 91.9 cm³/mol. The summed E-state index contributed by atoms with van der Waals surface area (Å²) < 4.78 is 0. The van der Waals surface area contributed by atoms with Crippen LogP contribution in [-0.2, 0) is 41.7 Å². The maximum absolute atomic E-state index is 10.5. The molecule has 1 radical (unpaired) electrons. The Morgan fingerprint density at radius 3 is 1.96 bits per heavy atom. The van der Waals surface area contributed by atoms with E-state index in [0.717, 1.165) is 19.4 Å². The molecule has 0 aromatic rings. The molecule has 1 saturated heterocycles. The Balaban J connectivity index is -0.000000136. The van der Waals surface area contributed by atoms with Crippen molar-refractivity contribution >= 4 is 24.8 Å². The van der Waals surface area contributed by atoms with Crippen molar-refractivity contribution in [2.75, 3.05) is 19.6 Å². The van der Waals surface area contributed by atoms with Gasteiger partial charge in [-0.3, -0.25) is 19.2 Å². The molecule has 0 aliphatic carbocycles. The number of amides is 2. The molecule has 153 valence electrons. The average Bonchev–Trinajstić information content (AvgIpc) is 2.58. The Kier molecular flexibility index (Phi) is 27.3. The molecule has 0 aromatic carbocycles. The Morgan fingerprint density at radius 1 is 1.19 bits per heavy atom. The summed E-state index contributed by atoms with van der Waals surface area (Å²) in [4.78, 5) is 37.6. The third-order valence-electron chi connectivity index (χ3n) is 2.64. The van der Waals surface area contributed by atoms with Crippen molar-refractivity contribution in [3.8, 4) is 0 Å². The van der Waals surface area contributed by atoms with Gasteiger partial charge in [0.05, 0.1) is 0 Å². The van der Waals surface area contributed by atoms with Crippen LogP contribution in [0.4, 0.5) is 0 Å². The molecule has 0 aromatic heterocycles. The molecule has 1 atom stereocenters. The van der Waals surface area contributed by atoms with Crippen LogP contribution in [-0.4, -0.2) is 54.6 Å². The van der Waals surface area contributed by atoms with E-state index in [9.17, 15) is 9.59 Å². The normalized spacial score (nSPS) is 16.2. The summed E-state index contributed by atoms with van der Waals surface area (Å²) in [7, 11) is 0. The molecular weight excluding hydrogens is 400 g/mol. The number of nitrogens with zero attached hydrogens (tertiary/aromatic N) is 2. The van der Waals surface area contributed by atoms with Crippen molar-refractivity contribution < 1.29 is 51.9 Å². The van der Waals surface area contributed by atoms with E-state index < -0.39 is 5.91 Å². The number of primary amides is 2. The molecule has 9 N–H and O–H groups in total. The first-order chi connectivity index (χ1) is 11.4. The summed E-state index contributed by atoms with van der Waals surface area (Å²) in [5.74, 6) is -0.591. The SMILES string of the molecule is NC(=O)C1=C[N-]CC=C1.NC(=O)C1CCC[N-]C1.O=CO.O=CO.[Cu+2].[OH3+]. The van der Waals surface area contributed by atoms with Crippen LogP contribution in [0.5, 0.6) is 0 Å². The summed E-state index contributed by atoms with van der Waals surface area (Å²) in [6, 6.07) is 0. The molecule has 2 amide bonds. The van der Waals surface area contributed by atoms with Gasteiger partial charge in [-0.2, -0.15) is 6.20 Å². The zero-order chi connectivity index (χ0) is 18.8. The largest absolute Gasteiger partial charge is 2.00 e. The molecular formula is C14H25CuN4O7+. The minimum absolute atomic E-state index is 0. The fourth-order valence-electron chi connectivity index (χ4n) is 1.60. The van der Waals surface area contributed by atoms with Gasteiger partial charge in [-0.05, 0) is 6.42 Å². The van der Waals surface area contributed by atoms with Crippen LogP contribution in [0.25, 0.3) is 10.6 Å². The first-order valence-electron chi connectivity index (χ1n) is 6.85. The van der Waals surface area contributed by atoms with Crippen LogP contribution in [0.3, 0.4) is 0 Å². The van der Waals surface area contributed by atoms with Gasteiger partial charge >= 0.3 is 17.1 Å². The summed E-state index contributed by atoms with van der Waals surface area (Å²) in [6.07, 6.45) is 6.91. The molecule has 12 heteroatoms. The van der Waals surface area contributed by atoms with Crippen molar-refractivity contribution in [2.24, 2.45) is 17.4 Å². The van der Waals surface area contributed by atoms with Crippen LogP contribution in [0.15, 0.2) is 23.9 Å². The molecule has 1 unspecified atom stereocenters. The average molecular weight is 425 g/mol. The Hall–Kier alpha value is -2.40. The van der Waals surface area contributed by atoms with E-state index in [1.807, 2.05) is 0 Å². The van der Waals surface area contributed by atoms with Crippen LogP contribution < -0.4 is 11.5 Å². The van der Waals surface area contributed by atoms with Crippen molar-refractivity contribution in [1.29, 1.82) is 0 Å². The molecule has 2 heterocycles. The van der Waals surface area contributed by atoms with E-state index >= 15 is 0 Å². The monoisotopic (exact) mass is 424 g/mol. The van der Waals surface area contributed by atoms with Gasteiger partial charge in [-0.25, -0.2) is 0 Å². The fraction of sp³-hybridized carbons (Fsp3) is 0.429. The summed E-state index contributed by atoms with van der Waals surface area (Å²) in [6.45, 7) is 1.70. The maximum atomic E-state index is 10.5. The van der Waals surface area contributed by atoms with Crippen LogP contribution >= 0.6 is 0 Å². The number of hydrogen-bond donors (Lipinski definition) is 4. The minimum atomic E-state index is -0.422.